The molecule has 3 atom stereocenters. The van der Waals surface area contributed by atoms with Crippen LogP contribution >= 0.6 is 0 Å². The molecule has 1 aromatic carbocycles. The molecule has 2 fully saturated rings. The number of carboxylic acid groups (broad SMARTS) is 1. The molecule has 21 heavy (non-hydrogen) atoms. The number of amides is 1. The van der Waals surface area contributed by atoms with Crippen LogP contribution in [0.1, 0.15) is 19.3 Å². The normalized spacial score (nSPS) is 26.6. The summed E-state index contributed by atoms with van der Waals surface area (Å²) in [7, 11) is 0. The first-order valence-corrected chi connectivity index (χ1v) is 7.13. The molecule has 0 aliphatic carbocycles. The first-order valence-electron chi connectivity index (χ1n) is 7.13. The Labute approximate surface area is 122 Å². The number of rotatable bonds is 5. The molecule has 6 heteroatoms. The van der Waals surface area contributed by atoms with Crippen molar-refractivity contribution >= 4 is 17.6 Å². The van der Waals surface area contributed by atoms with E-state index in [1.54, 1.807) is 24.3 Å². The molecule has 2 heterocycles. The summed E-state index contributed by atoms with van der Waals surface area (Å²) in [6, 6.07) is 7.55. The molecular weight excluding hydrogens is 272 g/mol. The largest absolute Gasteiger partial charge is 0.482 e. The van der Waals surface area contributed by atoms with Gasteiger partial charge in [0, 0.05) is 17.8 Å². The van der Waals surface area contributed by atoms with E-state index in [9.17, 15) is 9.59 Å². The van der Waals surface area contributed by atoms with Crippen LogP contribution in [-0.4, -0.2) is 35.7 Å². The van der Waals surface area contributed by atoms with Gasteiger partial charge in [-0.15, -0.1) is 0 Å². The van der Waals surface area contributed by atoms with Crippen LogP contribution in [0.3, 0.4) is 0 Å². The van der Waals surface area contributed by atoms with Crippen molar-refractivity contribution in [2.75, 3.05) is 11.9 Å². The van der Waals surface area contributed by atoms with E-state index >= 15 is 0 Å². The van der Waals surface area contributed by atoms with Gasteiger partial charge in [0.05, 0.1) is 5.92 Å². The van der Waals surface area contributed by atoms with Crippen LogP contribution in [0.15, 0.2) is 24.3 Å². The first kappa shape index (κ1) is 13.9. The second kappa shape index (κ2) is 5.73. The number of benzene rings is 1. The number of nitrogens with one attached hydrogen (secondary N) is 2. The van der Waals surface area contributed by atoms with Gasteiger partial charge < -0.3 is 20.5 Å². The van der Waals surface area contributed by atoms with Gasteiger partial charge in [-0.3, -0.25) is 4.79 Å². The summed E-state index contributed by atoms with van der Waals surface area (Å²) in [4.78, 5) is 22.7. The molecule has 2 saturated heterocycles. The van der Waals surface area contributed by atoms with Crippen LogP contribution in [0, 0.1) is 5.92 Å². The molecule has 0 radical (unpaired) electrons. The van der Waals surface area contributed by atoms with Gasteiger partial charge in [0.15, 0.2) is 6.61 Å². The van der Waals surface area contributed by atoms with E-state index in [4.69, 9.17) is 9.84 Å². The fraction of sp³-hybridized carbons (Fsp3) is 0.467. The molecule has 112 valence electrons. The van der Waals surface area contributed by atoms with Crippen molar-refractivity contribution in [1.82, 2.24) is 5.32 Å². The van der Waals surface area contributed by atoms with Crippen LogP contribution in [0.25, 0.3) is 0 Å². The highest BCUT2D eigenvalue weighted by Gasteiger charge is 2.42. The average Bonchev–Trinajstić information content (AvgIpc) is 3.09. The number of hydrogen-bond donors (Lipinski definition) is 3. The Balaban J connectivity index is 1.55. The number of carbonyl (C=O) groups excluding carboxylic acids is 1. The highest BCUT2D eigenvalue weighted by atomic mass is 16.5. The molecule has 0 saturated carbocycles. The van der Waals surface area contributed by atoms with Gasteiger partial charge in [-0.1, -0.05) is 0 Å². The van der Waals surface area contributed by atoms with Crippen LogP contribution in [-0.2, 0) is 9.59 Å². The SMILES string of the molecule is O=C(O)COc1ccc(NC(=O)C2CC3CCC2N3)cc1. The monoisotopic (exact) mass is 290 g/mol. The van der Waals surface area contributed by atoms with E-state index in [-0.39, 0.29) is 18.4 Å². The third-order valence-corrected chi connectivity index (χ3v) is 4.12. The maximum atomic E-state index is 12.2. The molecule has 6 nitrogen and oxygen atoms in total. The molecule has 0 aromatic heterocycles. The van der Waals surface area contributed by atoms with Gasteiger partial charge in [-0.2, -0.15) is 0 Å². The molecule has 2 aliphatic rings. The maximum absolute atomic E-state index is 12.2. The summed E-state index contributed by atoms with van der Waals surface area (Å²) < 4.78 is 5.05. The lowest BCUT2D eigenvalue weighted by Gasteiger charge is -2.19. The lowest BCUT2D eigenvalue weighted by molar-refractivity contribution is -0.139. The van der Waals surface area contributed by atoms with Gasteiger partial charge >= 0.3 is 5.97 Å². The van der Waals surface area contributed by atoms with Crippen molar-refractivity contribution in [3.05, 3.63) is 24.3 Å². The van der Waals surface area contributed by atoms with Crippen LogP contribution in [0.4, 0.5) is 5.69 Å². The highest BCUT2D eigenvalue weighted by Crippen LogP contribution is 2.33. The number of ether oxygens (including phenoxy) is 1. The molecule has 3 rings (SSSR count). The molecule has 2 bridgehead atoms. The number of carbonyl (C=O) groups is 2. The molecular formula is C15H18N2O4. The fourth-order valence-electron chi connectivity index (χ4n) is 3.13. The van der Waals surface area contributed by atoms with Crippen molar-refractivity contribution in [3.63, 3.8) is 0 Å². The summed E-state index contributed by atoms with van der Waals surface area (Å²) in [6.07, 6.45) is 3.16. The Kier molecular flexibility index (Phi) is 3.79. The third kappa shape index (κ3) is 3.16. The minimum absolute atomic E-state index is 0.0479. The number of hydrogen-bond acceptors (Lipinski definition) is 4. The van der Waals surface area contributed by atoms with Crippen molar-refractivity contribution in [1.29, 1.82) is 0 Å². The van der Waals surface area contributed by atoms with Crippen molar-refractivity contribution in [3.8, 4) is 5.75 Å². The number of anilines is 1. The number of fused-ring (bicyclic) bond motifs is 2. The lowest BCUT2D eigenvalue weighted by Crippen LogP contribution is -2.32. The predicted octanol–water partition coefficient (Wildman–Crippen LogP) is 1.23. The van der Waals surface area contributed by atoms with E-state index in [2.05, 4.69) is 10.6 Å². The van der Waals surface area contributed by atoms with Gasteiger partial charge in [-0.25, -0.2) is 4.79 Å². The van der Waals surface area contributed by atoms with Crippen LogP contribution in [0.2, 0.25) is 0 Å². The Morgan fingerprint density at radius 2 is 2.05 bits per heavy atom. The highest BCUT2D eigenvalue weighted by molar-refractivity contribution is 5.93. The van der Waals surface area contributed by atoms with Crippen molar-refractivity contribution in [2.24, 2.45) is 5.92 Å². The molecule has 1 amide bonds. The zero-order chi connectivity index (χ0) is 14.8. The standard InChI is InChI=1S/C15H18N2O4/c18-14(19)8-21-11-4-1-9(2-5-11)17-15(20)12-7-10-3-6-13(12)16-10/h1-2,4-5,10,12-13,16H,3,6-8H2,(H,17,20)(H,18,19). The molecule has 2 aliphatic heterocycles. The Morgan fingerprint density at radius 1 is 1.29 bits per heavy atom. The van der Waals surface area contributed by atoms with E-state index < -0.39 is 5.97 Å². The minimum atomic E-state index is -1.02. The quantitative estimate of drug-likeness (QED) is 0.759. The molecule has 1 aromatic rings. The second-order valence-electron chi connectivity index (χ2n) is 5.59. The van der Waals surface area contributed by atoms with Crippen LogP contribution in [0.5, 0.6) is 5.75 Å². The number of aliphatic carboxylic acids is 1. The Hall–Kier alpha value is -2.08. The summed E-state index contributed by atoms with van der Waals surface area (Å²) >= 11 is 0. The summed E-state index contributed by atoms with van der Waals surface area (Å²) in [6.45, 7) is -0.373. The zero-order valence-corrected chi connectivity index (χ0v) is 11.5. The summed E-state index contributed by atoms with van der Waals surface area (Å²) in [5.74, 6) is -0.450. The van der Waals surface area contributed by atoms with Crippen LogP contribution < -0.4 is 15.4 Å². The lowest BCUT2D eigenvalue weighted by atomic mass is 9.88. The van der Waals surface area contributed by atoms with E-state index in [0.29, 0.717) is 23.5 Å². The van der Waals surface area contributed by atoms with Gasteiger partial charge in [0.1, 0.15) is 5.75 Å². The molecule has 3 N–H and O–H groups in total. The van der Waals surface area contributed by atoms with E-state index in [1.165, 1.54) is 6.42 Å². The minimum Gasteiger partial charge on any atom is -0.482 e. The van der Waals surface area contributed by atoms with Crippen molar-refractivity contribution in [2.45, 2.75) is 31.3 Å². The van der Waals surface area contributed by atoms with Crippen molar-refractivity contribution < 1.29 is 19.4 Å². The third-order valence-electron chi connectivity index (χ3n) is 4.12. The topological polar surface area (TPSA) is 87.7 Å². The molecule has 0 spiro atoms. The maximum Gasteiger partial charge on any atom is 0.341 e. The van der Waals surface area contributed by atoms with E-state index in [0.717, 1.165) is 12.8 Å². The summed E-state index contributed by atoms with van der Waals surface area (Å²) in [5, 5.41) is 14.9. The smallest absolute Gasteiger partial charge is 0.341 e. The first-order chi connectivity index (χ1) is 10.1. The van der Waals surface area contributed by atoms with Gasteiger partial charge in [0.2, 0.25) is 5.91 Å². The Bertz CT molecular complexity index is 543. The average molecular weight is 290 g/mol. The predicted molar refractivity (Wildman–Crippen MR) is 76.3 cm³/mol. The summed E-state index contributed by atoms with van der Waals surface area (Å²) in [5.41, 5.74) is 0.699. The second-order valence-corrected chi connectivity index (χ2v) is 5.59. The molecule has 3 unspecified atom stereocenters. The number of carboxylic acids is 1. The Morgan fingerprint density at radius 3 is 2.62 bits per heavy atom. The fourth-order valence-corrected chi connectivity index (χ4v) is 3.13. The zero-order valence-electron chi connectivity index (χ0n) is 11.5. The van der Waals surface area contributed by atoms with Gasteiger partial charge in [-0.05, 0) is 43.5 Å². The van der Waals surface area contributed by atoms with E-state index in [1.807, 2.05) is 0 Å². The van der Waals surface area contributed by atoms with Gasteiger partial charge in [0.25, 0.3) is 0 Å².